The van der Waals surface area contributed by atoms with Crippen molar-refractivity contribution in [1.29, 1.82) is 0 Å². The van der Waals surface area contributed by atoms with Gasteiger partial charge in [0.05, 0.1) is 0 Å². The molecule has 0 aromatic rings. The predicted molar refractivity (Wildman–Crippen MR) is 67.5 cm³/mol. The first-order valence-electron chi connectivity index (χ1n) is 6.49. The summed E-state index contributed by atoms with van der Waals surface area (Å²) in [6, 6.07) is 0. The van der Waals surface area contributed by atoms with Gasteiger partial charge in [0.2, 0.25) is 0 Å². The third kappa shape index (κ3) is 5.71. The molecule has 1 aliphatic rings. The normalized spacial score (nSPS) is 17.6. The fraction of sp³-hybridized carbons (Fsp3) is 0.846. The highest BCUT2D eigenvalue weighted by molar-refractivity contribution is 6.35. The molecule has 0 spiro atoms. The molecule has 1 saturated carbocycles. The monoisotopic (exact) mass is 240 g/mol. The Balaban J connectivity index is 2.26. The van der Waals surface area contributed by atoms with Crippen LogP contribution in [0.3, 0.4) is 0 Å². The third-order valence-electron chi connectivity index (χ3n) is 2.97. The van der Waals surface area contributed by atoms with E-state index < -0.39 is 11.8 Å². The van der Waals surface area contributed by atoms with E-state index in [1.54, 1.807) is 0 Å². The number of nitrogens with one attached hydrogen (secondary N) is 2. The summed E-state index contributed by atoms with van der Waals surface area (Å²) in [5.41, 5.74) is -0.362. The molecule has 4 heteroatoms. The minimum absolute atomic E-state index is 0.362. The van der Waals surface area contributed by atoms with Crippen molar-refractivity contribution in [1.82, 2.24) is 10.6 Å². The van der Waals surface area contributed by atoms with Crippen molar-refractivity contribution in [3.05, 3.63) is 0 Å². The van der Waals surface area contributed by atoms with Gasteiger partial charge in [0.25, 0.3) is 0 Å². The smallest absolute Gasteiger partial charge is 0.309 e. The van der Waals surface area contributed by atoms with Crippen LogP contribution in [-0.4, -0.2) is 23.9 Å². The van der Waals surface area contributed by atoms with Crippen molar-refractivity contribution in [2.75, 3.05) is 6.54 Å². The largest absolute Gasteiger partial charge is 0.348 e. The van der Waals surface area contributed by atoms with Crippen LogP contribution in [-0.2, 0) is 9.59 Å². The van der Waals surface area contributed by atoms with Crippen LogP contribution in [0.5, 0.6) is 0 Å². The molecule has 0 aliphatic heterocycles. The lowest BCUT2D eigenvalue weighted by molar-refractivity contribution is -0.140. The zero-order chi connectivity index (χ0) is 12.9. The van der Waals surface area contributed by atoms with Gasteiger partial charge in [-0.3, -0.25) is 9.59 Å². The lowest BCUT2D eigenvalue weighted by atomic mass is 9.89. The zero-order valence-corrected chi connectivity index (χ0v) is 11.1. The van der Waals surface area contributed by atoms with E-state index in [1.165, 1.54) is 32.1 Å². The van der Waals surface area contributed by atoms with Crippen LogP contribution >= 0.6 is 0 Å². The topological polar surface area (TPSA) is 58.2 Å². The average Bonchev–Trinajstić information content (AvgIpc) is 2.25. The fourth-order valence-corrected chi connectivity index (χ4v) is 2.11. The molecule has 0 heterocycles. The Kier molecular flexibility index (Phi) is 4.97. The van der Waals surface area contributed by atoms with Crippen LogP contribution in [0.4, 0.5) is 0 Å². The lowest BCUT2D eigenvalue weighted by Gasteiger charge is -2.23. The summed E-state index contributed by atoms with van der Waals surface area (Å²) < 4.78 is 0. The lowest BCUT2D eigenvalue weighted by Crippen LogP contribution is -2.48. The van der Waals surface area contributed by atoms with E-state index in [2.05, 4.69) is 10.6 Å². The predicted octanol–water partition coefficient (Wildman–Crippen LogP) is 1.60. The van der Waals surface area contributed by atoms with Crippen molar-refractivity contribution < 1.29 is 9.59 Å². The summed E-state index contributed by atoms with van der Waals surface area (Å²) in [6.45, 7) is 6.22. The molecular weight excluding hydrogens is 216 g/mol. The quantitative estimate of drug-likeness (QED) is 0.720. The molecule has 2 amide bonds. The summed E-state index contributed by atoms with van der Waals surface area (Å²) >= 11 is 0. The molecule has 0 aromatic carbocycles. The molecule has 0 aromatic heterocycles. The van der Waals surface area contributed by atoms with Gasteiger partial charge in [-0.1, -0.05) is 19.3 Å². The van der Waals surface area contributed by atoms with E-state index >= 15 is 0 Å². The minimum Gasteiger partial charge on any atom is -0.348 e. The van der Waals surface area contributed by atoms with Crippen molar-refractivity contribution in [3.8, 4) is 0 Å². The maximum Gasteiger partial charge on any atom is 0.309 e. The van der Waals surface area contributed by atoms with E-state index in [-0.39, 0.29) is 5.54 Å². The minimum atomic E-state index is -0.534. The number of hydrogen-bond acceptors (Lipinski definition) is 2. The van der Waals surface area contributed by atoms with Crippen molar-refractivity contribution in [3.63, 3.8) is 0 Å². The van der Waals surface area contributed by atoms with Crippen molar-refractivity contribution in [2.24, 2.45) is 5.92 Å². The van der Waals surface area contributed by atoms with Gasteiger partial charge in [0.15, 0.2) is 0 Å². The Hall–Kier alpha value is -1.06. The van der Waals surface area contributed by atoms with Gasteiger partial charge in [0, 0.05) is 12.1 Å². The van der Waals surface area contributed by atoms with Crippen LogP contribution in [0.25, 0.3) is 0 Å². The summed E-state index contributed by atoms with van der Waals surface area (Å²) in [5, 5.41) is 5.38. The van der Waals surface area contributed by atoms with Crippen LogP contribution < -0.4 is 10.6 Å². The number of amides is 2. The maximum atomic E-state index is 11.5. The van der Waals surface area contributed by atoms with Crippen LogP contribution in [0, 0.1) is 5.92 Å². The maximum absolute atomic E-state index is 11.5. The first-order valence-corrected chi connectivity index (χ1v) is 6.49. The number of rotatable bonds is 2. The molecule has 98 valence electrons. The Morgan fingerprint density at radius 2 is 1.65 bits per heavy atom. The Labute approximate surface area is 104 Å². The number of carbonyl (C=O) groups excluding carboxylic acids is 2. The fourth-order valence-electron chi connectivity index (χ4n) is 2.11. The van der Waals surface area contributed by atoms with Gasteiger partial charge in [-0.15, -0.1) is 0 Å². The molecule has 17 heavy (non-hydrogen) atoms. The SMILES string of the molecule is CC(C)(C)NC(=O)C(=O)NCC1CCCCC1. The highest BCUT2D eigenvalue weighted by Gasteiger charge is 2.21. The van der Waals surface area contributed by atoms with E-state index in [9.17, 15) is 9.59 Å². The first-order chi connectivity index (χ1) is 7.88. The van der Waals surface area contributed by atoms with E-state index in [0.29, 0.717) is 12.5 Å². The van der Waals surface area contributed by atoms with Gasteiger partial charge >= 0.3 is 11.8 Å². The number of carbonyl (C=O) groups is 2. The Morgan fingerprint density at radius 3 is 2.18 bits per heavy atom. The molecule has 0 atom stereocenters. The molecule has 0 bridgehead atoms. The van der Waals surface area contributed by atoms with E-state index in [1.807, 2.05) is 20.8 Å². The molecule has 2 N–H and O–H groups in total. The first kappa shape index (κ1) is 14.0. The van der Waals surface area contributed by atoms with Gasteiger partial charge in [-0.25, -0.2) is 0 Å². The molecule has 1 aliphatic carbocycles. The average molecular weight is 240 g/mol. The van der Waals surface area contributed by atoms with Gasteiger partial charge in [-0.05, 0) is 39.5 Å². The summed E-state index contributed by atoms with van der Waals surface area (Å²) in [6.07, 6.45) is 6.13. The molecule has 0 saturated heterocycles. The van der Waals surface area contributed by atoms with Crippen molar-refractivity contribution in [2.45, 2.75) is 58.4 Å². The van der Waals surface area contributed by atoms with Crippen LogP contribution in [0.1, 0.15) is 52.9 Å². The zero-order valence-electron chi connectivity index (χ0n) is 11.1. The second kappa shape index (κ2) is 6.03. The van der Waals surface area contributed by atoms with E-state index in [0.717, 1.165) is 0 Å². The highest BCUT2D eigenvalue weighted by atomic mass is 16.2. The van der Waals surface area contributed by atoms with Gasteiger partial charge in [-0.2, -0.15) is 0 Å². The van der Waals surface area contributed by atoms with Crippen LogP contribution in [0.15, 0.2) is 0 Å². The molecule has 1 fully saturated rings. The van der Waals surface area contributed by atoms with Gasteiger partial charge < -0.3 is 10.6 Å². The molecule has 4 nitrogen and oxygen atoms in total. The second-order valence-electron chi connectivity index (χ2n) is 5.92. The third-order valence-corrected chi connectivity index (χ3v) is 2.97. The van der Waals surface area contributed by atoms with Gasteiger partial charge in [0.1, 0.15) is 0 Å². The van der Waals surface area contributed by atoms with Crippen molar-refractivity contribution >= 4 is 11.8 Å². The summed E-state index contributed by atoms with van der Waals surface area (Å²) in [4.78, 5) is 23.0. The Morgan fingerprint density at radius 1 is 1.06 bits per heavy atom. The molecule has 0 radical (unpaired) electrons. The number of hydrogen-bond donors (Lipinski definition) is 2. The Bertz CT molecular complexity index is 276. The summed E-state index contributed by atoms with van der Waals surface area (Å²) in [5.74, 6) is -0.492. The molecular formula is C13H24N2O2. The summed E-state index contributed by atoms with van der Waals surface area (Å²) in [7, 11) is 0. The van der Waals surface area contributed by atoms with E-state index in [4.69, 9.17) is 0 Å². The molecule has 1 rings (SSSR count). The molecule has 0 unspecified atom stereocenters. The second-order valence-corrected chi connectivity index (χ2v) is 5.92. The standard InChI is InChI=1S/C13H24N2O2/c1-13(2,3)15-12(17)11(16)14-9-10-7-5-4-6-8-10/h10H,4-9H2,1-3H3,(H,14,16)(H,15,17). The van der Waals surface area contributed by atoms with Crippen LogP contribution in [0.2, 0.25) is 0 Å². The highest BCUT2D eigenvalue weighted by Crippen LogP contribution is 2.22.